The van der Waals surface area contributed by atoms with Gasteiger partial charge in [-0.05, 0) is 33.6 Å². The largest absolute Gasteiger partial charge is 0.371 e. The summed E-state index contributed by atoms with van der Waals surface area (Å²) >= 11 is 0. The summed E-state index contributed by atoms with van der Waals surface area (Å²) in [5, 5.41) is 0. The fourth-order valence-corrected chi connectivity index (χ4v) is 3.69. The van der Waals surface area contributed by atoms with Crippen LogP contribution in [0.4, 0.5) is 0 Å². The highest BCUT2D eigenvalue weighted by molar-refractivity contribution is 7.91. The molecule has 0 aliphatic carbocycles. The van der Waals surface area contributed by atoms with Crippen LogP contribution in [0.2, 0.25) is 0 Å². The van der Waals surface area contributed by atoms with Gasteiger partial charge < -0.3 is 10.5 Å². The third-order valence-electron chi connectivity index (χ3n) is 2.51. The van der Waals surface area contributed by atoms with Gasteiger partial charge in [0.2, 0.25) is 0 Å². The number of sulfone groups is 1. The molecule has 1 rings (SSSR count). The summed E-state index contributed by atoms with van der Waals surface area (Å²) in [6.07, 6.45) is 1.60. The fourth-order valence-electron chi connectivity index (χ4n) is 1.95. The second-order valence-electron chi connectivity index (χ2n) is 5.09. The lowest BCUT2D eigenvalue weighted by Gasteiger charge is -2.19. The number of hydrogen-bond donors (Lipinski definition) is 1. The molecule has 1 saturated heterocycles. The summed E-state index contributed by atoms with van der Waals surface area (Å²) in [7, 11) is -3.06. The number of rotatable bonds is 4. The third-order valence-corrected chi connectivity index (χ3v) is 4.42. The number of ether oxygens (including phenoxy) is 1. The first kappa shape index (κ1) is 12.9. The van der Waals surface area contributed by atoms with Gasteiger partial charge in [0.25, 0.3) is 0 Å². The zero-order chi connectivity index (χ0) is 11.7. The molecular weight excluding hydrogens is 214 g/mol. The van der Waals surface area contributed by atoms with E-state index in [4.69, 9.17) is 10.5 Å². The van der Waals surface area contributed by atoms with E-state index in [1.807, 2.05) is 13.8 Å². The van der Waals surface area contributed by atoms with E-state index in [1.54, 1.807) is 6.92 Å². The highest BCUT2D eigenvalue weighted by atomic mass is 32.2. The van der Waals surface area contributed by atoms with Gasteiger partial charge in [0.15, 0.2) is 9.84 Å². The topological polar surface area (TPSA) is 69.4 Å². The van der Waals surface area contributed by atoms with E-state index in [0.717, 1.165) is 12.8 Å². The molecule has 1 aliphatic rings. The molecule has 0 aromatic rings. The Bertz CT molecular complexity index is 309. The Kier molecular flexibility index (Phi) is 3.79. The third kappa shape index (κ3) is 4.49. The van der Waals surface area contributed by atoms with Gasteiger partial charge in [-0.3, -0.25) is 0 Å². The first-order valence-electron chi connectivity index (χ1n) is 5.34. The van der Waals surface area contributed by atoms with Gasteiger partial charge in [-0.25, -0.2) is 8.42 Å². The molecule has 2 unspecified atom stereocenters. The van der Waals surface area contributed by atoms with Crippen molar-refractivity contribution in [1.29, 1.82) is 0 Å². The van der Waals surface area contributed by atoms with Crippen molar-refractivity contribution in [3.05, 3.63) is 0 Å². The molecule has 0 amide bonds. The number of nitrogens with two attached hydrogens (primary N) is 1. The van der Waals surface area contributed by atoms with E-state index in [0.29, 0.717) is 0 Å². The zero-order valence-corrected chi connectivity index (χ0v) is 10.5. The van der Waals surface area contributed by atoms with Gasteiger partial charge in [-0.2, -0.15) is 0 Å². The van der Waals surface area contributed by atoms with Gasteiger partial charge >= 0.3 is 0 Å². The Morgan fingerprint density at radius 3 is 2.53 bits per heavy atom. The minimum absolute atomic E-state index is 0.0489. The van der Waals surface area contributed by atoms with Crippen molar-refractivity contribution in [3.8, 4) is 0 Å². The van der Waals surface area contributed by atoms with Gasteiger partial charge in [0, 0.05) is 6.04 Å². The molecule has 90 valence electrons. The molecule has 0 aromatic heterocycles. The smallest absolute Gasteiger partial charge is 0.154 e. The molecule has 2 N–H and O–H groups in total. The average molecular weight is 235 g/mol. The fraction of sp³-hybridized carbons (Fsp3) is 1.00. The molecule has 15 heavy (non-hydrogen) atoms. The molecule has 0 bridgehead atoms. The highest BCUT2D eigenvalue weighted by Gasteiger charge is 2.34. The summed E-state index contributed by atoms with van der Waals surface area (Å²) < 4.78 is 28.9. The van der Waals surface area contributed by atoms with Crippen molar-refractivity contribution in [3.63, 3.8) is 0 Å². The van der Waals surface area contributed by atoms with Crippen molar-refractivity contribution >= 4 is 9.84 Å². The predicted octanol–water partition coefficient (Wildman–Crippen LogP) is 0.706. The molecule has 1 aliphatic heterocycles. The molecule has 0 saturated carbocycles. The van der Waals surface area contributed by atoms with Crippen LogP contribution in [-0.4, -0.2) is 37.7 Å². The lowest BCUT2D eigenvalue weighted by Crippen LogP contribution is -2.32. The Balaban J connectivity index is 2.49. The molecule has 2 atom stereocenters. The second-order valence-corrected chi connectivity index (χ2v) is 7.25. The normalized spacial score (nSPS) is 27.9. The molecule has 1 fully saturated rings. The van der Waals surface area contributed by atoms with E-state index in [-0.39, 0.29) is 29.3 Å². The number of hydrogen-bond acceptors (Lipinski definition) is 4. The zero-order valence-electron chi connectivity index (χ0n) is 9.69. The molecule has 0 aromatic carbocycles. The molecule has 4 nitrogen and oxygen atoms in total. The van der Waals surface area contributed by atoms with Gasteiger partial charge in [-0.1, -0.05) is 0 Å². The first-order chi connectivity index (χ1) is 6.70. The van der Waals surface area contributed by atoms with E-state index in [2.05, 4.69) is 0 Å². The van der Waals surface area contributed by atoms with E-state index < -0.39 is 9.84 Å². The van der Waals surface area contributed by atoms with Crippen LogP contribution < -0.4 is 5.73 Å². The Labute approximate surface area is 92.1 Å². The standard InChI is InChI=1S/C10H21NO3S/c1-8(11)6-15(12,13)7-9-4-5-10(2,3)14-9/h8-9H,4-7,11H2,1-3H3. The summed E-state index contributed by atoms with van der Waals surface area (Å²) in [5.74, 6) is 0.158. The maximum Gasteiger partial charge on any atom is 0.154 e. The van der Waals surface area contributed by atoms with Crippen LogP contribution in [0.15, 0.2) is 0 Å². The quantitative estimate of drug-likeness (QED) is 0.779. The monoisotopic (exact) mass is 235 g/mol. The van der Waals surface area contributed by atoms with Gasteiger partial charge in [-0.15, -0.1) is 0 Å². The summed E-state index contributed by atoms with van der Waals surface area (Å²) in [6, 6.07) is -0.301. The molecule has 1 heterocycles. The Morgan fingerprint density at radius 1 is 1.53 bits per heavy atom. The average Bonchev–Trinajstić information content (AvgIpc) is 2.25. The van der Waals surface area contributed by atoms with Crippen LogP contribution in [-0.2, 0) is 14.6 Å². The predicted molar refractivity (Wildman–Crippen MR) is 60.5 cm³/mol. The van der Waals surface area contributed by atoms with Crippen LogP contribution in [0.1, 0.15) is 33.6 Å². The molecule has 0 radical (unpaired) electrons. The minimum Gasteiger partial charge on any atom is -0.371 e. The highest BCUT2D eigenvalue weighted by Crippen LogP contribution is 2.30. The van der Waals surface area contributed by atoms with Gasteiger partial charge in [0.05, 0.1) is 23.2 Å². The van der Waals surface area contributed by atoms with Crippen LogP contribution in [0.5, 0.6) is 0 Å². The Morgan fingerprint density at radius 2 is 2.13 bits per heavy atom. The SMILES string of the molecule is CC(N)CS(=O)(=O)CC1CCC(C)(C)O1. The summed E-state index contributed by atoms with van der Waals surface area (Å²) in [6.45, 7) is 5.69. The van der Waals surface area contributed by atoms with E-state index in [1.165, 1.54) is 0 Å². The van der Waals surface area contributed by atoms with Crippen molar-refractivity contribution in [1.82, 2.24) is 0 Å². The van der Waals surface area contributed by atoms with Crippen molar-refractivity contribution in [2.45, 2.75) is 51.4 Å². The maximum atomic E-state index is 11.6. The van der Waals surface area contributed by atoms with Crippen LogP contribution in [0.3, 0.4) is 0 Å². The maximum absolute atomic E-state index is 11.6. The molecular formula is C10H21NO3S. The van der Waals surface area contributed by atoms with E-state index in [9.17, 15) is 8.42 Å². The second kappa shape index (κ2) is 4.39. The van der Waals surface area contributed by atoms with Crippen LogP contribution in [0, 0.1) is 0 Å². The first-order valence-corrected chi connectivity index (χ1v) is 7.16. The van der Waals surface area contributed by atoms with Gasteiger partial charge in [0.1, 0.15) is 0 Å². The van der Waals surface area contributed by atoms with Crippen molar-refractivity contribution in [2.24, 2.45) is 5.73 Å². The van der Waals surface area contributed by atoms with Crippen molar-refractivity contribution < 1.29 is 13.2 Å². The lowest BCUT2D eigenvalue weighted by molar-refractivity contribution is -0.00527. The summed E-state index contributed by atoms with van der Waals surface area (Å²) in [5.41, 5.74) is 5.31. The van der Waals surface area contributed by atoms with Crippen LogP contribution in [0.25, 0.3) is 0 Å². The van der Waals surface area contributed by atoms with E-state index >= 15 is 0 Å². The Hall–Kier alpha value is -0.130. The lowest BCUT2D eigenvalue weighted by atomic mass is 10.1. The molecule has 0 spiro atoms. The minimum atomic E-state index is -3.06. The van der Waals surface area contributed by atoms with Crippen molar-refractivity contribution in [2.75, 3.05) is 11.5 Å². The summed E-state index contributed by atoms with van der Waals surface area (Å²) in [4.78, 5) is 0. The van der Waals surface area contributed by atoms with Crippen LogP contribution >= 0.6 is 0 Å². The molecule has 5 heteroatoms.